The van der Waals surface area contributed by atoms with Gasteiger partial charge in [0.1, 0.15) is 12.4 Å². The fourth-order valence-electron chi connectivity index (χ4n) is 2.98. The monoisotopic (exact) mass is 410 g/mol. The number of nitrogens with zero attached hydrogens (tertiary/aromatic N) is 3. The number of aromatic nitrogens is 3. The summed E-state index contributed by atoms with van der Waals surface area (Å²) in [5.41, 5.74) is 3.07. The highest BCUT2D eigenvalue weighted by Crippen LogP contribution is 2.21. The van der Waals surface area contributed by atoms with Crippen LogP contribution in [0.15, 0.2) is 53.7 Å². The molecule has 1 amide bonds. The SMILES string of the molecule is CCc1ccccc1NC(=O)CSc1nnc(COc2ccccc2C)n1CC. The minimum atomic E-state index is -0.0562. The van der Waals surface area contributed by atoms with Crippen molar-refractivity contribution in [3.63, 3.8) is 0 Å². The lowest BCUT2D eigenvalue weighted by Crippen LogP contribution is -2.16. The predicted molar refractivity (Wildman–Crippen MR) is 116 cm³/mol. The summed E-state index contributed by atoms with van der Waals surface area (Å²) in [5, 5.41) is 12.2. The van der Waals surface area contributed by atoms with Crippen LogP contribution in [-0.4, -0.2) is 26.4 Å². The van der Waals surface area contributed by atoms with Crippen LogP contribution in [0.5, 0.6) is 5.75 Å². The molecule has 0 aliphatic rings. The van der Waals surface area contributed by atoms with Crippen molar-refractivity contribution < 1.29 is 9.53 Å². The van der Waals surface area contributed by atoms with Gasteiger partial charge in [-0.2, -0.15) is 0 Å². The molecular weight excluding hydrogens is 384 g/mol. The number of nitrogens with one attached hydrogen (secondary N) is 1. The first kappa shape index (κ1) is 20.9. The van der Waals surface area contributed by atoms with Gasteiger partial charge in [0.25, 0.3) is 0 Å². The van der Waals surface area contributed by atoms with Crippen molar-refractivity contribution in [3.05, 3.63) is 65.5 Å². The Balaban J connectivity index is 1.60. The number of anilines is 1. The Bertz CT molecular complexity index is 971. The number of rotatable bonds is 9. The Labute approximate surface area is 175 Å². The Hall–Kier alpha value is -2.80. The molecule has 3 rings (SSSR count). The van der Waals surface area contributed by atoms with Gasteiger partial charge in [-0.1, -0.05) is 55.1 Å². The van der Waals surface area contributed by atoms with Gasteiger partial charge in [0.2, 0.25) is 5.91 Å². The van der Waals surface area contributed by atoms with E-state index >= 15 is 0 Å². The third kappa shape index (κ3) is 5.38. The summed E-state index contributed by atoms with van der Waals surface area (Å²) >= 11 is 1.38. The molecule has 1 aromatic heterocycles. The maximum atomic E-state index is 12.4. The van der Waals surface area contributed by atoms with Crippen molar-refractivity contribution in [2.45, 2.75) is 45.5 Å². The van der Waals surface area contributed by atoms with E-state index in [1.165, 1.54) is 11.8 Å². The molecule has 0 saturated heterocycles. The van der Waals surface area contributed by atoms with Gasteiger partial charge in [0.15, 0.2) is 11.0 Å². The van der Waals surface area contributed by atoms with E-state index in [4.69, 9.17) is 4.74 Å². The number of carbonyl (C=O) groups is 1. The fourth-order valence-corrected chi connectivity index (χ4v) is 3.80. The summed E-state index contributed by atoms with van der Waals surface area (Å²) in [6.45, 7) is 7.16. The predicted octanol–water partition coefficient (Wildman–Crippen LogP) is 4.48. The van der Waals surface area contributed by atoms with Crippen LogP contribution in [0.25, 0.3) is 0 Å². The highest BCUT2D eigenvalue weighted by atomic mass is 32.2. The molecule has 1 N–H and O–H groups in total. The van der Waals surface area contributed by atoms with Gasteiger partial charge >= 0.3 is 0 Å². The molecule has 6 nitrogen and oxygen atoms in total. The first-order valence-corrected chi connectivity index (χ1v) is 10.7. The molecule has 152 valence electrons. The number of hydrogen-bond donors (Lipinski definition) is 1. The molecule has 0 spiro atoms. The van der Waals surface area contributed by atoms with Gasteiger partial charge < -0.3 is 14.6 Å². The lowest BCUT2D eigenvalue weighted by atomic mass is 10.1. The number of carbonyl (C=O) groups excluding carboxylic acids is 1. The second kappa shape index (κ2) is 10.1. The van der Waals surface area contributed by atoms with Gasteiger partial charge in [-0.3, -0.25) is 4.79 Å². The van der Waals surface area contributed by atoms with Crippen molar-refractivity contribution in [1.82, 2.24) is 14.8 Å². The largest absolute Gasteiger partial charge is 0.485 e. The van der Waals surface area contributed by atoms with E-state index in [1.807, 2.05) is 66.9 Å². The molecule has 2 aromatic carbocycles. The van der Waals surface area contributed by atoms with E-state index in [2.05, 4.69) is 22.4 Å². The molecule has 0 fully saturated rings. The maximum Gasteiger partial charge on any atom is 0.234 e. The third-order valence-electron chi connectivity index (χ3n) is 4.56. The lowest BCUT2D eigenvalue weighted by Gasteiger charge is -2.11. The van der Waals surface area contributed by atoms with Crippen LogP contribution in [0.2, 0.25) is 0 Å². The summed E-state index contributed by atoms with van der Waals surface area (Å²) in [4.78, 5) is 12.4. The normalized spacial score (nSPS) is 10.7. The first-order valence-electron chi connectivity index (χ1n) is 9.73. The van der Waals surface area contributed by atoms with E-state index in [0.717, 1.165) is 40.0 Å². The van der Waals surface area contributed by atoms with Crippen molar-refractivity contribution in [2.75, 3.05) is 11.1 Å². The molecule has 1 heterocycles. The Morgan fingerprint density at radius 3 is 2.62 bits per heavy atom. The highest BCUT2D eigenvalue weighted by Gasteiger charge is 2.14. The number of amides is 1. The van der Waals surface area contributed by atoms with Crippen LogP contribution in [0.1, 0.15) is 30.8 Å². The van der Waals surface area contributed by atoms with Crippen molar-refractivity contribution in [2.24, 2.45) is 0 Å². The van der Waals surface area contributed by atoms with E-state index in [0.29, 0.717) is 13.2 Å². The van der Waals surface area contributed by atoms with Crippen LogP contribution in [0, 0.1) is 6.92 Å². The van der Waals surface area contributed by atoms with Crippen molar-refractivity contribution >= 4 is 23.4 Å². The molecule has 0 unspecified atom stereocenters. The van der Waals surface area contributed by atoms with Gasteiger partial charge in [-0.25, -0.2) is 0 Å². The summed E-state index contributed by atoms with van der Waals surface area (Å²) in [6, 6.07) is 15.7. The second-order valence-electron chi connectivity index (χ2n) is 6.54. The van der Waals surface area contributed by atoms with E-state index in [-0.39, 0.29) is 11.7 Å². The van der Waals surface area contributed by atoms with Gasteiger partial charge in [0, 0.05) is 12.2 Å². The van der Waals surface area contributed by atoms with Crippen LogP contribution in [-0.2, 0) is 24.4 Å². The molecule has 3 aromatic rings. The summed E-state index contributed by atoms with van der Waals surface area (Å²) in [5.74, 6) is 1.80. The lowest BCUT2D eigenvalue weighted by molar-refractivity contribution is -0.113. The first-order chi connectivity index (χ1) is 14.1. The van der Waals surface area contributed by atoms with Crippen molar-refractivity contribution in [3.8, 4) is 5.75 Å². The zero-order valence-electron chi connectivity index (χ0n) is 17.0. The van der Waals surface area contributed by atoms with E-state index in [1.54, 1.807) is 0 Å². The number of para-hydroxylation sites is 2. The second-order valence-corrected chi connectivity index (χ2v) is 7.49. The molecule has 0 saturated carbocycles. The Kier molecular flexibility index (Phi) is 7.30. The number of aryl methyl sites for hydroxylation is 2. The van der Waals surface area contributed by atoms with Gasteiger partial charge in [-0.15, -0.1) is 10.2 Å². The molecule has 7 heteroatoms. The zero-order chi connectivity index (χ0) is 20.6. The minimum Gasteiger partial charge on any atom is -0.485 e. The zero-order valence-corrected chi connectivity index (χ0v) is 17.8. The highest BCUT2D eigenvalue weighted by molar-refractivity contribution is 7.99. The molecule has 0 aliphatic carbocycles. The summed E-state index contributed by atoms with van der Waals surface area (Å²) < 4.78 is 7.88. The quantitative estimate of drug-likeness (QED) is 0.527. The fraction of sp³-hybridized carbons (Fsp3) is 0.318. The van der Waals surface area contributed by atoms with Crippen LogP contribution in [0.3, 0.4) is 0 Å². The van der Waals surface area contributed by atoms with Crippen molar-refractivity contribution in [1.29, 1.82) is 0 Å². The smallest absolute Gasteiger partial charge is 0.234 e. The van der Waals surface area contributed by atoms with Gasteiger partial charge in [-0.05, 0) is 43.5 Å². The van der Waals surface area contributed by atoms with E-state index < -0.39 is 0 Å². The standard InChI is InChI=1S/C22H26N4O2S/c1-4-17-11-7-8-12-18(17)23-21(27)15-29-22-25-24-20(26(22)5-2)14-28-19-13-9-6-10-16(19)3/h6-13H,4-5,14-15H2,1-3H3,(H,23,27). The van der Waals surface area contributed by atoms with Gasteiger partial charge in [0.05, 0.1) is 5.75 Å². The average molecular weight is 411 g/mol. The maximum absolute atomic E-state index is 12.4. The molecule has 29 heavy (non-hydrogen) atoms. The van der Waals surface area contributed by atoms with Crippen LogP contribution >= 0.6 is 11.8 Å². The molecule has 0 bridgehead atoms. The number of thioether (sulfide) groups is 1. The number of ether oxygens (including phenoxy) is 1. The topological polar surface area (TPSA) is 69.0 Å². The molecule has 0 aliphatic heterocycles. The third-order valence-corrected chi connectivity index (χ3v) is 5.53. The molecular formula is C22H26N4O2S. The average Bonchev–Trinajstić information content (AvgIpc) is 3.14. The summed E-state index contributed by atoms with van der Waals surface area (Å²) in [7, 11) is 0. The minimum absolute atomic E-state index is 0.0562. The summed E-state index contributed by atoms with van der Waals surface area (Å²) in [6.07, 6.45) is 0.873. The van der Waals surface area contributed by atoms with E-state index in [9.17, 15) is 4.79 Å². The van der Waals surface area contributed by atoms with Crippen LogP contribution < -0.4 is 10.1 Å². The number of hydrogen-bond acceptors (Lipinski definition) is 5. The Morgan fingerprint density at radius 1 is 1.10 bits per heavy atom. The van der Waals surface area contributed by atoms with Crippen LogP contribution in [0.4, 0.5) is 5.69 Å². The molecule has 0 radical (unpaired) electrons. The molecule has 0 atom stereocenters. The number of benzene rings is 2. The Morgan fingerprint density at radius 2 is 1.86 bits per heavy atom.